The summed E-state index contributed by atoms with van der Waals surface area (Å²) in [6.07, 6.45) is 3.06. The van der Waals surface area contributed by atoms with Gasteiger partial charge in [0.25, 0.3) is 11.8 Å². The van der Waals surface area contributed by atoms with Crippen molar-refractivity contribution in [2.75, 3.05) is 31.2 Å². The third kappa shape index (κ3) is 5.77. The van der Waals surface area contributed by atoms with Crippen LogP contribution in [0.3, 0.4) is 0 Å². The van der Waals surface area contributed by atoms with Crippen molar-refractivity contribution in [3.05, 3.63) is 24.3 Å². The molecule has 1 aromatic carbocycles. The lowest BCUT2D eigenvalue weighted by atomic mass is 10.2. The lowest BCUT2D eigenvalue weighted by Crippen LogP contribution is -2.40. The van der Waals surface area contributed by atoms with Gasteiger partial charge in [0, 0.05) is 13.1 Å². The summed E-state index contributed by atoms with van der Waals surface area (Å²) in [4.78, 5) is 36.9. The maximum absolute atomic E-state index is 12.0. The number of hydrogen-bond acceptors (Lipinski definition) is 5. The summed E-state index contributed by atoms with van der Waals surface area (Å²) in [6, 6.07) is 7.16. The van der Waals surface area contributed by atoms with E-state index in [-0.39, 0.29) is 38.0 Å². The average molecular weight is 348 g/mol. The second-order valence-electron chi connectivity index (χ2n) is 5.77. The topological polar surface area (TPSA) is 84.9 Å². The Kier molecular flexibility index (Phi) is 7.25. The molecule has 0 fully saturated rings. The van der Waals surface area contributed by atoms with Crippen LogP contribution in [-0.4, -0.2) is 44.1 Å². The highest BCUT2D eigenvalue weighted by Gasteiger charge is 2.25. The summed E-state index contributed by atoms with van der Waals surface area (Å²) < 4.78 is 10.3. The largest absolute Gasteiger partial charge is 0.482 e. The summed E-state index contributed by atoms with van der Waals surface area (Å²) >= 11 is 0. The zero-order chi connectivity index (χ0) is 18.1. The number of benzene rings is 1. The Morgan fingerprint density at radius 3 is 2.88 bits per heavy atom. The van der Waals surface area contributed by atoms with E-state index in [1.165, 1.54) is 4.90 Å². The molecule has 0 atom stereocenters. The molecule has 7 nitrogen and oxygen atoms in total. The van der Waals surface area contributed by atoms with Crippen molar-refractivity contribution in [2.24, 2.45) is 0 Å². The molecular formula is C18H24N2O5. The summed E-state index contributed by atoms with van der Waals surface area (Å²) in [5.41, 5.74) is 0.639. The number of rotatable bonds is 9. The van der Waals surface area contributed by atoms with Crippen LogP contribution in [0.5, 0.6) is 5.75 Å². The molecule has 2 amide bonds. The molecule has 0 radical (unpaired) electrons. The molecule has 1 heterocycles. The number of nitrogens with zero attached hydrogens (tertiary/aromatic N) is 1. The molecule has 0 aliphatic carbocycles. The van der Waals surface area contributed by atoms with Crippen LogP contribution in [-0.2, 0) is 19.1 Å². The molecule has 1 aromatic rings. The first-order chi connectivity index (χ1) is 12.1. The van der Waals surface area contributed by atoms with Crippen LogP contribution in [0, 0.1) is 0 Å². The van der Waals surface area contributed by atoms with Gasteiger partial charge in [-0.15, -0.1) is 0 Å². The monoisotopic (exact) mass is 348 g/mol. The highest BCUT2D eigenvalue weighted by atomic mass is 16.5. The number of carbonyl (C=O) groups is 3. The molecule has 0 unspecified atom stereocenters. The first kappa shape index (κ1) is 18.8. The van der Waals surface area contributed by atoms with Crippen LogP contribution < -0.4 is 15.0 Å². The summed E-state index contributed by atoms with van der Waals surface area (Å²) in [5.74, 6) is -0.417. The van der Waals surface area contributed by atoms with Crippen molar-refractivity contribution in [1.29, 1.82) is 0 Å². The van der Waals surface area contributed by atoms with E-state index in [4.69, 9.17) is 9.47 Å². The number of anilines is 1. The van der Waals surface area contributed by atoms with Crippen LogP contribution in [0.2, 0.25) is 0 Å². The normalized spacial score (nSPS) is 13.0. The van der Waals surface area contributed by atoms with Crippen molar-refractivity contribution in [2.45, 2.75) is 32.6 Å². The minimum absolute atomic E-state index is 0.0171. The van der Waals surface area contributed by atoms with Crippen LogP contribution in [0.15, 0.2) is 24.3 Å². The zero-order valence-corrected chi connectivity index (χ0v) is 14.5. The predicted octanol–water partition coefficient (Wildman–Crippen LogP) is 1.65. The minimum atomic E-state index is -0.513. The lowest BCUT2D eigenvalue weighted by molar-refractivity contribution is -0.148. The van der Waals surface area contributed by atoms with Gasteiger partial charge in [-0.1, -0.05) is 31.9 Å². The van der Waals surface area contributed by atoms with Gasteiger partial charge in [0.2, 0.25) is 0 Å². The maximum atomic E-state index is 12.0. The number of unbranched alkanes of at least 4 members (excludes halogenated alkanes) is 2. The second-order valence-corrected chi connectivity index (χ2v) is 5.77. The van der Waals surface area contributed by atoms with Crippen LogP contribution >= 0.6 is 0 Å². The van der Waals surface area contributed by atoms with Crippen molar-refractivity contribution in [3.8, 4) is 5.75 Å². The molecule has 0 bridgehead atoms. The van der Waals surface area contributed by atoms with Gasteiger partial charge < -0.3 is 19.7 Å². The number of esters is 1. The Labute approximate surface area is 147 Å². The van der Waals surface area contributed by atoms with E-state index >= 15 is 0 Å². The number of para-hydroxylation sites is 2. The van der Waals surface area contributed by atoms with Crippen molar-refractivity contribution >= 4 is 23.5 Å². The summed E-state index contributed by atoms with van der Waals surface area (Å²) in [6.45, 7) is 2.52. The van der Waals surface area contributed by atoms with E-state index in [1.807, 2.05) is 6.07 Å². The van der Waals surface area contributed by atoms with Gasteiger partial charge in [-0.3, -0.25) is 14.4 Å². The minimum Gasteiger partial charge on any atom is -0.482 e. The van der Waals surface area contributed by atoms with Gasteiger partial charge in [-0.2, -0.15) is 0 Å². The van der Waals surface area contributed by atoms with Crippen molar-refractivity contribution < 1.29 is 23.9 Å². The van der Waals surface area contributed by atoms with Crippen LogP contribution in [0.1, 0.15) is 32.6 Å². The number of fused-ring (bicyclic) bond motifs is 1. The fourth-order valence-electron chi connectivity index (χ4n) is 2.47. The average Bonchev–Trinajstić information content (AvgIpc) is 2.62. The molecule has 25 heavy (non-hydrogen) atoms. The van der Waals surface area contributed by atoms with E-state index in [9.17, 15) is 14.4 Å². The molecule has 1 aliphatic rings. The SMILES string of the molecule is CCCCCNC(=O)COC(=O)CCN1C(=O)COc2ccccc21. The third-order valence-corrected chi connectivity index (χ3v) is 3.81. The van der Waals surface area contributed by atoms with Crippen molar-refractivity contribution in [3.63, 3.8) is 0 Å². The van der Waals surface area contributed by atoms with E-state index in [2.05, 4.69) is 12.2 Å². The van der Waals surface area contributed by atoms with Gasteiger partial charge in [0.05, 0.1) is 12.1 Å². The highest BCUT2D eigenvalue weighted by Crippen LogP contribution is 2.31. The second kappa shape index (κ2) is 9.66. The van der Waals surface area contributed by atoms with Crippen molar-refractivity contribution in [1.82, 2.24) is 5.32 Å². The molecular weight excluding hydrogens is 324 g/mol. The molecule has 0 aromatic heterocycles. The predicted molar refractivity (Wildman–Crippen MR) is 92.4 cm³/mol. The molecule has 136 valence electrons. The fourth-order valence-corrected chi connectivity index (χ4v) is 2.47. The maximum Gasteiger partial charge on any atom is 0.308 e. The van der Waals surface area contributed by atoms with Gasteiger partial charge in [-0.25, -0.2) is 0 Å². The zero-order valence-electron chi connectivity index (χ0n) is 14.5. The number of hydrogen-bond donors (Lipinski definition) is 1. The number of amides is 2. The number of nitrogens with one attached hydrogen (secondary N) is 1. The Balaban J connectivity index is 1.73. The Hall–Kier alpha value is -2.57. The summed E-state index contributed by atoms with van der Waals surface area (Å²) in [7, 11) is 0. The number of ether oxygens (including phenoxy) is 2. The van der Waals surface area contributed by atoms with Gasteiger partial charge in [0.15, 0.2) is 13.2 Å². The fraction of sp³-hybridized carbons (Fsp3) is 0.500. The van der Waals surface area contributed by atoms with E-state index in [0.717, 1.165) is 19.3 Å². The molecule has 0 saturated carbocycles. The Morgan fingerprint density at radius 1 is 1.28 bits per heavy atom. The van der Waals surface area contributed by atoms with E-state index in [1.54, 1.807) is 18.2 Å². The van der Waals surface area contributed by atoms with Crippen LogP contribution in [0.25, 0.3) is 0 Å². The Morgan fingerprint density at radius 2 is 2.08 bits per heavy atom. The molecule has 1 aliphatic heterocycles. The van der Waals surface area contributed by atoms with Crippen LogP contribution in [0.4, 0.5) is 5.69 Å². The van der Waals surface area contributed by atoms with Gasteiger partial charge in [-0.05, 0) is 18.6 Å². The molecule has 0 saturated heterocycles. The molecule has 7 heteroatoms. The molecule has 2 rings (SSSR count). The van der Waals surface area contributed by atoms with Gasteiger partial charge in [0.1, 0.15) is 5.75 Å². The first-order valence-corrected chi connectivity index (χ1v) is 8.56. The molecule has 0 spiro atoms. The number of carbonyl (C=O) groups excluding carboxylic acids is 3. The smallest absolute Gasteiger partial charge is 0.308 e. The first-order valence-electron chi connectivity index (χ1n) is 8.56. The quantitative estimate of drug-likeness (QED) is 0.542. The lowest BCUT2D eigenvalue weighted by Gasteiger charge is -2.28. The molecule has 1 N–H and O–H groups in total. The van der Waals surface area contributed by atoms with E-state index < -0.39 is 5.97 Å². The standard InChI is InChI=1S/C18H24N2O5/c1-2-3-6-10-19-16(21)12-25-18(23)9-11-20-14-7-4-5-8-15(14)24-13-17(20)22/h4-5,7-8H,2-3,6,9-13H2,1H3,(H,19,21). The van der Waals surface area contributed by atoms with Gasteiger partial charge >= 0.3 is 5.97 Å². The Bertz CT molecular complexity index is 617. The third-order valence-electron chi connectivity index (χ3n) is 3.81. The van der Waals surface area contributed by atoms with E-state index in [0.29, 0.717) is 18.0 Å². The highest BCUT2D eigenvalue weighted by molar-refractivity contribution is 5.98. The summed E-state index contributed by atoms with van der Waals surface area (Å²) in [5, 5.41) is 2.70.